The van der Waals surface area contributed by atoms with E-state index < -0.39 is 5.41 Å². The Bertz CT molecular complexity index is 737. The Hall–Kier alpha value is -2.27. The minimum absolute atomic E-state index is 0.0192. The van der Waals surface area contributed by atoms with E-state index in [0.717, 1.165) is 24.8 Å². The molecule has 1 aromatic carbocycles. The molecule has 25 heavy (non-hydrogen) atoms. The van der Waals surface area contributed by atoms with Crippen LogP contribution in [-0.4, -0.2) is 30.3 Å². The third-order valence-corrected chi connectivity index (χ3v) is 5.03. The summed E-state index contributed by atoms with van der Waals surface area (Å²) >= 11 is 5.96. The highest BCUT2D eigenvalue weighted by Crippen LogP contribution is 2.45. The topological polar surface area (TPSA) is 62.6 Å². The minimum atomic E-state index is -0.527. The summed E-state index contributed by atoms with van der Waals surface area (Å²) < 4.78 is 5.18. The summed E-state index contributed by atoms with van der Waals surface area (Å²) in [6, 6.07) is 11.0. The molecule has 0 unspecified atom stereocenters. The van der Waals surface area contributed by atoms with Crippen LogP contribution in [0.4, 0.5) is 0 Å². The molecule has 1 saturated carbocycles. The van der Waals surface area contributed by atoms with Crippen LogP contribution < -0.4 is 5.32 Å². The van der Waals surface area contributed by atoms with Gasteiger partial charge in [-0.2, -0.15) is 0 Å². The summed E-state index contributed by atoms with van der Waals surface area (Å²) in [5.41, 5.74) is 0.441. The molecule has 3 rings (SSSR count). The molecule has 2 amide bonds. The molecule has 0 saturated heterocycles. The first-order chi connectivity index (χ1) is 12.0. The molecule has 2 aromatic rings. The maximum absolute atomic E-state index is 13.0. The Morgan fingerprint density at radius 3 is 2.52 bits per heavy atom. The van der Waals surface area contributed by atoms with Crippen molar-refractivity contribution < 1.29 is 14.0 Å². The van der Waals surface area contributed by atoms with Crippen LogP contribution in [0, 0.1) is 0 Å². The van der Waals surface area contributed by atoms with Crippen molar-refractivity contribution in [3.8, 4) is 0 Å². The van der Waals surface area contributed by atoms with Crippen LogP contribution in [0.3, 0.4) is 0 Å². The van der Waals surface area contributed by atoms with Gasteiger partial charge in [0, 0.05) is 12.1 Å². The van der Waals surface area contributed by atoms with Crippen molar-refractivity contribution in [2.75, 3.05) is 13.6 Å². The number of nitrogens with one attached hydrogen (secondary N) is 1. The monoisotopic (exact) mass is 360 g/mol. The predicted molar refractivity (Wildman–Crippen MR) is 95.2 cm³/mol. The van der Waals surface area contributed by atoms with Gasteiger partial charge in [0.1, 0.15) is 5.76 Å². The van der Waals surface area contributed by atoms with Crippen molar-refractivity contribution in [3.05, 3.63) is 59.0 Å². The molecular formula is C19H21ClN2O3. The van der Waals surface area contributed by atoms with Crippen LogP contribution in [0.5, 0.6) is 0 Å². The number of hydrogen-bond acceptors (Lipinski definition) is 3. The molecule has 0 atom stereocenters. The van der Waals surface area contributed by atoms with E-state index >= 15 is 0 Å². The van der Waals surface area contributed by atoms with Gasteiger partial charge in [0.2, 0.25) is 11.8 Å². The van der Waals surface area contributed by atoms with Crippen molar-refractivity contribution in [2.24, 2.45) is 0 Å². The average Bonchev–Trinajstić information content (AvgIpc) is 3.07. The van der Waals surface area contributed by atoms with Gasteiger partial charge in [-0.25, -0.2) is 0 Å². The second-order valence-electron chi connectivity index (χ2n) is 6.46. The first-order valence-electron chi connectivity index (χ1n) is 8.32. The molecule has 6 heteroatoms. The number of benzene rings is 1. The Morgan fingerprint density at radius 1 is 1.24 bits per heavy atom. The minimum Gasteiger partial charge on any atom is -0.467 e. The summed E-state index contributed by atoms with van der Waals surface area (Å²) in [6.45, 7) is 0.338. The maximum Gasteiger partial charge on any atom is 0.239 e. The molecule has 0 aliphatic heterocycles. The SMILES string of the molecule is CN(CC(=O)NCc1ccco1)C(=O)C1(c2ccc(Cl)cc2)CCC1. The molecule has 1 aliphatic rings. The molecule has 1 heterocycles. The lowest BCUT2D eigenvalue weighted by Crippen LogP contribution is -2.51. The molecular weight excluding hydrogens is 340 g/mol. The van der Waals surface area contributed by atoms with E-state index in [0.29, 0.717) is 17.3 Å². The Morgan fingerprint density at radius 2 is 1.96 bits per heavy atom. The number of halogens is 1. The zero-order valence-electron chi connectivity index (χ0n) is 14.1. The number of carbonyl (C=O) groups excluding carboxylic acids is 2. The van der Waals surface area contributed by atoms with E-state index in [2.05, 4.69) is 5.32 Å². The lowest BCUT2D eigenvalue weighted by molar-refractivity contribution is -0.142. The second kappa shape index (κ2) is 7.31. The smallest absolute Gasteiger partial charge is 0.239 e. The predicted octanol–water partition coefficient (Wildman–Crippen LogP) is 3.13. The molecule has 0 radical (unpaired) electrons. The molecule has 1 N–H and O–H groups in total. The zero-order chi connectivity index (χ0) is 17.9. The number of nitrogens with zero attached hydrogens (tertiary/aromatic N) is 1. The van der Waals surface area contributed by atoms with E-state index in [1.54, 1.807) is 37.6 Å². The van der Waals surface area contributed by atoms with Gasteiger partial charge in [-0.3, -0.25) is 9.59 Å². The quantitative estimate of drug-likeness (QED) is 0.860. The first kappa shape index (κ1) is 17.5. The fourth-order valence-corrected chi connectivity index (χ4v) is 3.36. The van der Waals surface area contributed by atoms with E-state index in [9.17, 15) is 9.59 Å². The summed E-state index contributed by atoms with van der Waals surface area (Å²) in [7, 11) is 1.67. The van der Waals surface area contributed by atoms with Crippen molar-refractivity contribution in [1.82, 2.24) is 10.2 Å². The van der Waals surface area contributed by atoms with Gasteiger partial charge in [-0.1, -0.05) is 30.2 Å². The Balaban J connectivity index is 1.62. The highest BCUT2D eigenvalue weighted by molar-refractivity contribution is 6.30. The van der Waals surface area contributed by atoms with Gasteiger partial charge in [0.25, 0.3) is 0 Å². The van der Waals surface area contributed by atoms with Crippen LogP contribution in [0.2, 0.25) is 5.02 Å². The summed E-state index contributed by atoms with van der Waals surface area (Å²) in [4.78, 5) is 26.6. The summed E-state index contributed by atoms with van der Waals surface area (Å²) in [5.74, 6) is 0.450. The molecule has 1 fully saturated rings. The molecule has 5 nitrogen and oxygen atoms in total. The highest BCUT2D eigenvalue weighted by atomic mass is 35.5. The number of hydrogen-bond donors (Lipinski definition) is 1. The maximum atomic E-state index is 13.0. The molecule has 0 bridgehead atoms. The fraction of sp³-hybridized carbons (Fsp3) is 0.368. The zero-order valence-corrected chi connectivity index (χ0v) is 14.9. The molecule has 0 spiro atoms. The number of likely N-dealkylation sites (N-methyl/N-ethyl adjacent to an activating group) is 1. The van der Waals surface area contributed by atoms with Crippen molar-refractivity contribution in [2.45, 2.75) is 31.2 Å². The number of amides is 2. The third kappa shape index (κ3) is 3.71. The van der Waals surface area contributed by atoms with E-state index in [1.165, 1.54) is 4.90 Å². The number of furan rings is 1. The summed E-state index contributed by atoms with van der Waals surface area (Å²) in [6.07, 6.45) is 4.16. The van der Waals surface area contributed by atoms with Crippen LogP contribution in [0.1, 0.15) is 30.6 Å². The lowest BCUT2D eigenvalue weighted by Gasteiger charge is -2.43. The van der Waals surface area contributed by atoms with Crippen molar-refractivity contribution in [3.63, 3.8) is 0 Å². The first-order valence-corrected chi connectivity index (χ1v) is 8.70. The molecule has 1 aromatic heterocycles. The van der Waals surface area contributed by atoms with E-state index in [4.69, 9.17) is 16.0 Å². The van der Waals surface area contributed by atoms with Crippen molar-refractivity contribution >= 4 is 23.4 Å². The van der Waals surface area contributed by atoms with E-state index in [-0.39, 0.29) is 18.4 Å². The number of rotatable bonds is 6. The van der Waals surface area contributed by atoms with Gasteiger partial charge in [0.05, 0.1) is 24.8 Å². The molecule has 132 valence electrons. The van der Waals surface area contributed by atoms with Crippen LogP contribution >= 0.6 is 11.6 Å². The van der Waals surface area contributed by atoms with Gasteiger partial charge in [-0.05, 0) is 42.7 Å². The van der Waals surface area contributed by atoms with Crippen LogP contribution in [-0.2, 0) is 21.5 Å². The van der Waals surface area contributed by atoms with Crippen LogP contribution in [0.15, 0.2) is 47.1 Å². The molecule has 1 aliphatic carbocycles. The second-order valence-corrected chi connectivity index (χ2v) is 6.90. The third-order valence-electron chi connectivity index (χ3n) is 4.78. The largest absolute Gasteiger partial charge is 0.467 e. The van der Waals surface area contributed by atoms with Gasteiger partial charge >= 0.3 is 0 Å². The van der Waals surface area contributed by atoms with Gasteiger partial charge < -0.3 is 14.6 Å². The fourth-order valence-electron chi connectivity index (χ4n) is 3.23. The summed E-state index contributed by atoms with van der Waals surface area (Å²) in [5, 5.41) is 3.41. The van der Waals surface area contributed by atoms with Crippen LogP contribution in [0.25, 0.3) is 0 Å². The standard InChI is InChI=1S/C19H21ClN2O3/c1-22(13-17(23)21-12-16-4-2-11-25-16)18(24)19(9-3-10-19)14-5-7-15(20)8-6-14/h2,4-8,11H,3,9-10,12-13H2,1H3,(H,21,23). The van der Waals surface area contributed by atoms with E-state index in [1.807, 2.05) is 12.1 Å². The Kier molecular flexibility index (Phi) is 5.13. The number of carbonyl (C=O) groups is 2. The lowest BCUT2D eigenvalue weighted by atomic mass is 9.63. The van der Waals surface area contributed by atoms with Crippen molar-refractivity contribution in [1.29, 1.82) is 0 Å². The van der Waals surface area contributed by atoms with Gasteiger partial charge in [-0.15, -0.1) is 0 Å². The highest BCUT2D eigenvalue weighted by Gasteiger charge is 2.47. The average molecular weight is 361 g/mol. The normalized spacial score (nSPS) is 15.3. The van der Waals surface area contributed by atoms with Gasteiger partial charge in [0.15, 0.2) is 0 Å². The Labute approximate surface area is 151 Å².